The first kappa shape index (κ1) is 17.5. The molecule has 1 aromatic heterocycles. The Morgan fingerprint density at radius 1 is 1.24 bits per heavy atom. The van der Waals surface area contributed by atoms with Gasteiger partial charge in [-0.1, -0.05) is 12.1 Å². The van der Waals surface area contributed by atoms with E-state index >= 15 is 0 Å². The minimum absolute atomic E-state index is 0.0378. The zero-order valence-electron chi connectivity index (χ0n) is 15.2. The van der Waals surface area contributed by atoms with Crippen molar-refractivity contribution in [3.8, 4) is 5.69 Å². The number of benzene rings is 1. The van der Waals surface area contributed by atoms with Crippen LogP contribution in [-0.4, -0.2) is 46.7 Å². The van der Waals surface area contributed by atoms with Gasteiger partial charge in [-0.3, -0.25) is 0 Å². The third-order valence-corrected chi connectivity index (χ3v) is 4.90. The van der Waals surface area contributed by atoms with Crippen molar-refractivity contribution in [2.24, 2.45) is 0 Å². The summed E-state index contributed by atoms with van der Waals surface area (Å²) in [4.78, 5) is 18.8. The van der Waals surface area contributed by atoms with Crippen LogP contribution in [0.1, 0.15) is 37.2 Å². The minimum Gasteiger partial charge on any atom is -0.335 e. The van der Waals surface area contributed by atoms with Gasteiger partial charge in [0.2, 0.25) is 0 Å². The largest absolute Gasteiger partial charge is 0.335 e. The topological polar surface area (TPSA) is 62.2 Å². The van der Waals surface area contributed by atoms with Gasteiger partial charge in [0, 0.05) is 24.1 Å². The van der Waals surface area contributed by atoms with Crippen molar-refractivity contribution in [2.75, 3.05) is 20.1 Å². The normalized spacial score (nSPS) is 17.2. The Morgan fingerprint density at radius 3 is 2.52 bits per heavy atom. The number of hydrogen-bond donors (Lipinski definition) is 2. The van der Waals surface area contributed by atoms with Crippen LogP contribution in [0.3, 0.4) is 0 Å². The number of urea groups is 1. The van der Waals surface area contributed by atoms with Crippen molar-refractivity contribution in [3.63, 3.8) is 0 Å². The van der Waals surface area contributed by atoms with E-state index in [9.17, 15) is 4.79 Å². The summed E-state index contributed by atoms with van der Waals surface area (Å²) in [5.41, 5.74) is 2.15. The van der Waals surface area contributed by atoms with Crippen molar-refractivity contribution in [1.29, 1.82) is 0 Å². The number of amides is 2. The van der Waals surface area contributed by atoms with Crippen LogP contribution in [0.25, 0.3) is 5.69 Å². The molecule has 1 fully saturated rings. The molecule has 3 rings (SSSR count). The molecule has 1 aliphatic heterocycles. The maximum absolute atomic E-state index is 12.2. The van der Waals surface area contributed by atoms with Crippen LogP contribution in [-0.2, 0) is 0 Å². The summed E-state index contributed by atoms with van der Waals surface area (Å²) < 4.78 is 2.04. The molecular formula is C19H27N5O. The number of aromatic nitrogens is 2. The van der Waals surface area contributed by atoms with Crippen LogP contribution in [0.2, 0.25) is 0 Å². The minimum atomic E-state index is -0.0865. The first-order valence-corrected chi connectivity index (χ1v) is 8.89. The Labute approximate surface area is 149 Å². The molecule has 0 bridgehead atoms. The molecule has 25 heavy (non-hydrogen) atoms. The first-order valence-electron chi connectivity index (χ1n) is 8.89. The summed E-state index contributed by atoms with van der Waals surface area (Å²) in [7, 11) is 2.12. The van der Waals surface area contributed by atoms with Gasteiger partial charge in [0.15, 0.2) is 0 Å². The molecule has 0 saturated carbocycles. The summed E-state index contributed by atoms with van der Waals surface area (Å²) >= 11 is 0. The number of carbonyl (C=O) groups is 1. The molecule has 6 nitrogen and oxygen atoms in total. The van der Waals surface area contributed by atoms with E-state index in [1.54, 1.807) is 6.20 Å². The number of rotatable bonds is 4. The van der Waals surface area contributed by atoms with E-state index in [4.69, 9.17) is 0 Å². The van der Waals surface area contributed by atoms with Crippen LogP contribution >= 0.6 is 0 Å². The smallest absolute Gasteiger partial charge is 0.315 e. The Kier molecular flexibility index (Phi) is 5.38. The summed E-state index contributed by atoms with van der Waals surface area (Å²) in [5.74, 6) is 0.955. The average Bonchev–Trinajstić information content (AvgIpc) is 3.03. The number of aryl methyl sites for hydroxylation is 1. The molecule has 6 heteroatoms. The molecule has 134 valence electrons. The quantitative estimate of drug-likeness (QED) is 0.899. The van der Waals surface area contributed by atoms with E-state index in [-0.39, 0.29) is 18.1 Å². The predicted octanol–water partition coefficient (Wildman–Crippen LogP) is 2.64. The van der Waals surface area contributed by atoms with E-state index in [2.05, 4.69) is 51.8 Å². The molecule has 1 atom stereocenters. The molecule has 1 aromatic carbocycles. The lowest BCUT2D eigenvalue weighted by molar-refractivity contribution is 0.212. The third-order valence-electron chi connectivity index (χ3n) is 4.90. The molecule has 2 N–H and O–H groups in total. The highest BCUT2D eigenvalue weighted by molar-refractivity contribution is 5.74. The van der Waals surface area contributed by atoms with E-state index < -0.39 is 0 Å². The first-order chi connectivity index (χ1) is 12.0. The summed E-state index contributed by atoms with van der Waals surface area (Å²) in [6, 6.07) is 8.36. The van der Waals surface area contributed by atoms with Gasteiger partial charge in [0.1, 0.15) is 5.82 Å². The van der Waals surface area contributed by atoms with Gasteiger partial charge >= 0.3 is 6.03 Å². The highest BCUT2D eigenvalue weighted by Crippen LogP contribution is 2.17. The lowest BCUT2D eigenvalue weighted by atomic mass is 10.1. The molecule has 1 saturated heterocycles. The molecule has 0 radical (unpaired) electrons. The molecule has 1 unspecified atom stereocenters. The van der Waals surface area contributed by atoms with E-state index in [1.807, 2.05) is 24.6 Å². The molecule has 0 aliphatic carbocycles. The third kappa shape index (κ3) is 4.39. The Bertz CT molecular complexity index is 701. The van der Waals surface area contributed by atoms with Gasteiger partial charge in [-0.2, -0.15) is 0 Å². The molecule has 2 aromatic rings. The highest BCUT2D eigenvalue weighted by Gasteiger charge is 2.19. The predicted molar refractivity (Wildman–Crippen MR) is 98.9 cm³/mol. The SMILES string of the molecule is Cc1nccn1-c1ccc(C(C)NC(=O)NC2CCN(C)CC2)cc1. The fourth-order valence-corrected chi connectivity index (χ4v) is 3.23. The van der Waals surface area contributed by atoms with Gasteiger partial charge in [0.25, 0.3) is 0 Å². The van der Waals surface area contributed by atoms with E-state index in [0.717, 1.165) is 43.0 Å². The van der Waals surface area contributed by atoms with Gasteiger partial charge in [-0.15, -0.1) is 0 Å². The Balaban J connectivity index is 1.55. The van der Waals surface area contributed by atoms with E-state index in [0.29, 0.717) is 0 Å². The molecule has 0 spiro atoms. The number of piperidine rings is 1. The average molecular weight is 341 g/mol. The second-order valence-corrected chi connectivity index (χ2v) is 6.85. The number of nitrogens with zero attached hydrogens (tertiary/aromatic N) is 3. The zero-order chi connectivity index (χ0) is 17.8. The van der Waals surface area contributed by atoms with Crippen molar-refractivity contribution < 1.29 is 4.79 Å². The van der Waals surface area contributed by atoms with E-state index in [1.165, 1.54) is 0 Å². The second-order valence-electron chi connectivity index (χ2n) is 6.85. The van der Waals surface area contributed by atoms with Crippen molar-refractivity contribution in [2.45, 2.75) is 38.8 Å². The number of hydrogen-bond acceptors (Lipinski definition) is 3. The monoisotopic (exact) mass is 341 g/mol. The number of imidazole rings is 1. The lowest BCUT2D eigenvalue weighted by Gasteiger charge is -2.29. The molecule has 2 amide bonds. The second kappa shape index (κ2) is 7.70. The van der Waals surface area contributed by atoms with Crippen molar-refractivity contribution >= 4 is 6.03 Å². The molecule has 1 aliphatic rings. The highest BCUT2D eigenvalue weighted by atomic mass is 16.2. The number of likely N-dealkylation sites (tertiary alicyclic amines) is 1. The van der Waals surface area contributed by atoms with Gasteiger partial charge in [-0.25, -0.2) is 9.78 Å². The fourth-order valence-electron chi connectivity index (χ4n) is 3.23. The van der Waals surface area contributed by atoms with Crippen LogP contribution in [0.4, 0.5) is 4.79 Å². The summed E-state index contributed by atoms with van der Waals surface area (Å²) in [6.07, 6.45) is 5.76. The van der Waals surface area contributed by atoms with Crippen molar-refractivity contribution in [3.05, 3.63) is 48.0 Å². The van der Waals surface area contributed by atoms with Crippen LogP contribution < -0.4 is 10.6 Å². The molecule has 2 heterocycles. The standard InChI is InChI=1S/C19H27N5O/c1-14(21-19(25)22-17-8-11-23(3)12-9-17)16-4-6-18(7-5-16)24-13-10-20-15(24)2/h4-7,10,13-14,17H,8-9,11-12H2,1-3H3,(H2,21,22,25). The maximum Gasteiger partial charge on any atom is 0.315 e. The Hall–Kier alpha value is -2.34. The van der Waals surface area contributed by atoms with Crippen LogP contribution in [0, 0.1) is 6.92 Å². The van der Waals surface area contributed by atoms with Crippen LogP contribution in [0.15, 0.2) is 36.7 Å². The van der Waals surface area contributed by atoms with Gasteiger partial charge in [0.05, 0.1) is 6.04 Å². The Morgan fingerprint density at radius 2 is 1.92 bits per heavy atom. The van der Waals surface area contributed by atoms with Gasteiger partial charge in [-0.05, 0) is 64.5 Å². The zero-order valence-corrected chi connectivity index (χ0v) is 15.2. The van der Waals surface area contributed by atoms with Crippen LogP contribution in [0.5, 0.6) is 0 Å². The molecular weight excluding hydrogens is 314 g/mol. The lowest BCUT2D eigenvalue weighted by Crippen LogP contribution is -2.47. The maximum atomic E-state index is 12.2. The summed E-state index contributed by atoms with van der Waals surface area (Å²) in [6.45, 7) is 6.06. The van der Waals surface area contributed by atoms with Crippen molar-refractivity contribution in [1.82, 2.24) is 25.1 Å². The number of nitrogens with one attached hydrogen (secondary N) is 2. The number of carbonyl (C=O) groups excluding carboxylic acids is 1. The summed E-state index contributed by atoms with van der Waals surface area (Å²) in [5, 5.41) is 6.13. The van der Waals surface area contributed by atoms with Gasteiger partial charge < -0.3 is 20.1 Å². The fraction of sp³-hybridized carbons (Fsp3) is 0.474.